The molecule has 0 heterocycles. The first-order valence-electron chi connectivity index (χ1n) is 6.23. The topological polar surface area (TPSA) is 20.3 Å². The summed E-state index contributed by atoms with van der Waals surface area (Å²) in [5.74, 6) is -0.339. The van der Waals surface area contributed by atoms with Crippen molar-refractivity contribution in [3.05, 3.63) is 69.4 Å². The minimum absolute atomic E-state index is 0.0649. The molecule has 2 rings (SSSR count). The summed E-state index contributed by atoms with van der Waals surface area (Å²) in [5.41, 5.74) is 2.56. The Morgan fingerprint density at radius 3 is 2.50 bits per heavy atom. The van der Waals surface area contributed by atoms with E-state index in [1.807, 2.05) is 25.1 Å². The van der Waals surface area contributed by atoms with E-state index in [0.29, 0.717) is 12.1 Å². The quantitative estimate of drug-likeness (QED) is 0.824. The van der Waals surface area contributed by atoms with Gasteiger partial charge < -0.3 is 4.90 Å². The first-order chi connectivity index (χ1) is 9.47. The highest BCUT2D eigenvalue weighted by Gasteiger charge is 2.15. The van der Waals surface area contributed by atoms with Gasteiger partial charge in [0.25, 0.3) is 5.91 Å². The van der Waals surface area contributed by atoms with E-state index < -0.39 is 0 Å². The third kappa shape index (κ3) is 3.45. The van der Waals surface area contributed by atoms with Crippen molar-refractivity contribution in [1.29, 1.82) is 0 Å². The fourth-order valence-electron chi connectivity index (χ4n) is 1.94. The first kappa shape index (κ1) is 14.7. The van der Waals surface area contributed by atoms with Gasteiger partial charge in [0.2, 0.25) is 0 Å². The van der Waals surface area contributed by atoms with Crippen LogP contribution in [0.2, 0.25) is 0 Å². The summed E-state index contributed by atoms with van der Waals surface area (Å²) < 4.78 is 13.6. The molecule has 0 aliphatic heterocycles. The summed E-state index contributed by atoms with van der Waals surface area (Å²) >= 11 is 3.40. The smallest absolute Gasteiger partial charge is 0.255 e. The van der Waals surface area contributed by atoms with Gasteiger partial charge in [-0.05, 0) is 52.7 Å². The summed E-state index contributed by atoms with van der Waals surface area (Å²) in [4.78, 5) is 14.0. The van der Waals surface area contributed by atoms with E-state index in [1.54, 1.807) is 24.1 Å². The summed E-state index contributed by atoms with van der Waals surface area (Å²) in [6, 6.07) is 11.8. The number of carbonyl (C=O) groups excluding carboxylic acids is 1. The van der Waals surface area contributed by atoms with Crippen LogP contribution >= 0.6 is 15.9 Å². The predicted molar refractivity (Wildman–Crippen MR) is 81.1 cm³/mol. The van der Waals surface area contributed by atoms with Crippen LogP contribution in [-0.2, 0) is 6.54 Å². The largest absolute Gasteiger partial charge is 0.337 e. The molecule has 2 aromatic rings. The van der Waals surface area contributed by atoms with Crippen LogP contribution in [0.4, 0.5) is 4.39 Å². The standard InChI is InChI=1S/C16H15BrFNO/c1-11-3-8-15(17)14(9-11)16(20)19(2)10-12-4-6-13(18)7-5-12/h3-9H,10H2,1-2H3. The lowest BCUT2D eigenvalue weighted by molar-refractivity contribution is 0.0784. The van der Waals surface area contributed by atoms with Gasteiger partial charge in [-0.25, -0.2) is 4.39 Å². The fraction of sp³-hybridized carbons (Fsp3) is 0.188. The number of amides is 1. The molecule has 0 aliphatic carbocycles. The van der Waals surface area contributed by atoms with Crippen LogP contribution in [0.1, 0.15) is 21.5 Å². The molecule has 2 nitrogen and oxygen atoms in total. The van der Waals surface area contributed by atoms with E-state index in [2.05, 4.69) is 15.9 Å². The van der Waals surface area contributed by atoms with Crippen LogP contribution in [0.15, 0.2) is 46.9 Å². The van der Waals surface area contributed by atoms with Crippen molar-refractivity contribution in [3.8, 4) is 0 Å². The molecule has 0 radical (unpaired) electrons. The molecule has 1 amide bonds. The van der Waals surface area contributed by atoms with Crippen molar-refractivity contribution in [3.63, 3.8) is 0 Å². The number of halogens is 2. The average Bonchev–Trinajstić information content (AvgIpc) is 2.43. The van der Waals surface area contributed by atoms with Crippen LogP contribution < -0.4 is 0 Å². The highest BCUT2D eigenvalue weighted by molar-refractivity contribution is 9.10. The van der Waals surface area contributed by atoms with Crippen LogP contribution in [-0.4, -0.2) is 17.9 Å². The minimum atomic E-state index is -0.274. The molecule has 2 aromatic carbocycles. The molecule has 0 bridgehead atoms. The summed E-state index contributed by atoms with van der Waals surface area (Å²) in [5, 5.41) is 0. The average molecular weight is 336 g/mol. The number of carbonyl (C=O) groups is 1. The van der Waals surface area contributed by atoms with Gasteiger partial charge in [0.05, 0.1) is 5.56 Å². The maximum atomic E-state index is 12.9. The van der Waals surface area contributed by atoms with Crippen molar-refractivity contribution < 1.29 is 9.18 Å². The molecule has 0 aromatic heterocycles. The molecule has 0 fully saturated rings. The van der Waals surface area contributed by atoms with Gasteiger partial charge >= 0.3 is 0 Å². The Hall–Kier alpha value is -1.68. The number of hydrogen-bond acceptors (Lipinski definition) is 1. The maximum Gasteiger partial charge on any atom is 0.255 e. The number of aryl methyl sites for hydroxylation is 1. The highest BCUT2D eigenvalue weighted by Crippen LogP contribution is 2.20. The number of benzene rings is 2. The fourth-order valence-corrected chi connectivity index (χ4v) is 2.36. The third-order valence-corrected chi connectivity index (χ3v) is 3.72. The zero-order valence-electron chi connectivity index (χ0n) is 11.4. The second kappa shape index (κ2) is 6.18. The van der Waals surface area contributed by atoms with Gasteiger partial charge in [-0.2, -0.15) is 0 Å². The Labute approximate surface area is 126 Å². The molecule has 0 N–H and O–H groups in total. The maximum absolute atomic E-state index is 12.9. The molecule has 0 unspecified atom stereocenters. The molecule has 0 atom stereocenters. The zero-order chi connectivity index (χ0) is 14.7. The summed E-state index contributed by atoms with van der Waals surface area (Å²) in [6.07, 6.45) is 0. The molecule has 104 valence electrons. The van der Waals surface area contributed by atoms with Gasteiger partial charge in [0.15, 0.2) is 0 Å². The Bertz CT molecular complexity index is 625. The van der Waals surface area contributed by atoms with E-state index in [0.717, 1.165) is 15.6 Å². The van der Waals surface area contributed by atoms with Gasteiger partial charge in [0.1, 0.15) is 5.82 Å². The lowest BCUT2D eigenvalue weighted by Gasteiger charge is -2.18. The summed E-state index contributed by atoms with van der Waals surface area (Å²) in [7, 11) is 1.74. The van der Waals surface area contributed by atoms with Crippen LogP contribution in [0.3, 0.4) is 0 Å². The number of rotatable bonds is 3. The van der Waals surface area contributed by atoms with Crippen LogP contribution in [0.25, 0.3) is 0 Å². The van der Waals surface area contributed by atoms with E-state index in [1.165, 1.54) is 12.1 Å². The second-order valence-corrected chi connectivity index (χ2v) is 5.63. The van der Waals surface area contributed by atoms with Gasteiger partial charge in [-0.15, -0.1) is 0 Å². The first-order valence-corrected chi connectivity index (χ1v) is 7.03. The van der Waals surface area contributed by atoms with E-state index in [9.17, 15) is 9.18 Å². The van der Waals surface area contributed by atoms with Gasteiger partial charge in [-0.1, -0.05) is 23.8 Å². The van der Waals surface area contributed by atoms with Gasteiger partial charge in [-0.3, -0.25) is 4.79 Å². The molecule has 0 spiro atoms. The SMILES string of the molecule is Cc1ccc(Br)c(C(=O)N(C)Cc2ccc(F)cc2)c1. The van der Waals surface area contributed by atoms with Gasteiger partial charge in [0, 0.05) is 18.1 Å². The third-order valence-electron chi connectivity index (χ3n) is 3.03. The molecule has 0 saturated heterocycles. The molecule has 0 aliphatic rings. The van der Waals surface area contributed by atoms with Crippen LogP contribution in [0, 0.1) is 12.7 Å². The predicted octanol–water partition coefficient (Wildman–Crippen LogP) is 4.17. The lowest BCUT2D eigenvalue weighted by atomic mass is 10.1. The van der Waals surface area contributed by atoms with E-state index in [4.69, 9.17) is 0 Å². The zero-order valence-corrected chi connectivity index (χ0v) is 12.9. The van der Waals surface area contributed by atoms with E-state index >= 15 is 0 Å². The van der Waals surface area contributed by atoms with Crippen molar-refractivity contribution >= 4 is 21.8 Å². The molecular weight excluding hydrogens is 321 g/mol. The molecule has 0 saturated carbocycles. The van der Waals surface area contributed by atoms with Crippen molar-refractivity contribution in [2.75, 3.05) is 7.05 Å². The Morgan fingerprint density at radius 1 is 1.20 bits per heavy atom. The summed E-state index contributed by atoms with van der Waals surface area (Å²) in [6.45, 7) is 2.39. The Morgan fingerprint density at radius 2 is 1.85 bits per heavy atom. The van der Waals surface area contributed by atoms with Crippen molar-refractivity contribution in [2.45, 2.75) is 13.5 Å². The van der Waals surface area contributed by atoms with Crippen molar-refractivity contribution in [2.24, 2.45) is 0 Å². The lowest BCUT2D eigenvalue weighted by Crippen LogP contribution is -2.26. The van der Waals surface area contributed by atoms with E-state index in [-0.39, 0.29) is 11.7 Å². The molecule has 20 heavy (non-hydrogen) atoms. The minimum Gasteiger partial charge on any atom is -0.337 e. The monoisotopic (exact) mass is 335 g/mol. The number of nitrogens with zero attached hydrogens (tertiary/aromatic N) is 1. The number of hydrogen-bond donors (Lipinski definition) is 0. The van der Waals surface area contributed by atoms with Crippen molar-refractivity contribution in [1.82, 2.24) is 4.90 Å². The molecular formula is C16H15BrFNO. The normalized spacial score (nSPS) is 10.4. The second-order valence-electron chi connectivity index (χ2n) is 4.77. The highest BCUT2D eigenvalue weighted by atomic mass is 79.9. The molecule has 4 heteroatoms. The Balaban J connectivity index is 2.16. The van der Waals surface area contributed by atoms with Crippen LogP contribution in [0.5, 0.6) is 0 Å². The Kier molecular flexibility index (Phi) is 4.55.